The number of allylic oxidation sites excluding steroid dienone is 1. The third kappa shape index (κ3) is 3.46. The normalized spacial score (nSPS) is 11.3. The molecule has 0 saturated carbocycles. The number of ether oxygens (including phenoxy) is 1. The van der Waals surface area contributed by atoms with Gasteiger partial charge in [0, 0.05) is 11.8 Å². The fraction of sp³-hybridized carbons (Fsp3) is 0.400. The third-order valence-electron chi connectivity index (χ3n) is 1.78. The third-order valence-corrected chi connectivity index (χ3v) is 1.78. The molecule has 0 atom stereocenters. The van der Waals surface area contributed by atoms with Crippen LogP contribution in [-0.4, -0.2) is 22.8 Å². The van der Waals surface area contributed by atoms with Gasteiger partial charge in [0.05, 0.1) is 24.2 Å². The summed E-state index contributed by atoms with van der Waals surface area (Å²) in [5.74, 6) is -0.344. The topological polar surface area (TPSA) is 67.0 Å². The number of carbonyl (C=O) groups excluding carboxylic acids is 1. The highest BCUT2D eigenvalue weighted by molar-refractivity contribution is 5.83. The van der Waals surface area contributed by atoms with Gasteiger partial charge in [-0.2, -0.15) is 5.10 Å². The van der Waals surface area contributed by atoms with Crippen molar-refractivity contribution in [3.8, 4) is 0 Å². The minimum Gasteiger partial charge on any atom is -0.463 e. The van der Waals surface area contributed by atoms with Crippen LogP contribution in [0.2, 0.25) is 0 Å². The average Bonchev–Trinajstić information content (AvgIpc) is 2.52. The molecule has 1 aromatic heterocycles. The standard InChI is InChI=1S/C10H15N3O2/c1-4-15-10(14)5-7(2)12-9-6-11-13-8(9)3/h5-6,12H,4H2,1-3H3,(H,11,13)/b7-5+. The Morgan fingerprint density at radius 1 is 1.73 bits per heavy atom. The number of rotatable bonds is 4. The average molecular weight is 209 g/mol. The molecule has 0 aliphatic rings. The second kappa shape index (κ2) is 5.19. The van der Waals surface area contributed by atoms with Crippen LogP contribution in [0, 0.1) is 6.92 Å². The molecular weight excluding hydrogens is 194 g/mol. The maximum Gasteiger partial charge on any atom is 0.332 e. The molecule has 0 unspecified atom stereocenters. The lowest BCUT2D eigenvalue weighted by Crippen LogP contribution is -2.04. The van der Waals surface area contributed by atoms with Gasteiger partial charge in [0.1, 0.15) is 0 Å². The summed E-state index contributed by atoms with van der Waals surface area (Å²) in [5.41, 5.74) is 2.50. The van der Waals surface area contributed by atoms with Crippen molar-refractivity contribution in [3.63, 3.8) is 0 Å². The maximum absolute atomic E-state index is 11.1. The molecule has 82 valence electrons. The summed E-state index contributed by atoms with van der Waals surface area (Å²) in [6, 6.07) is 0. The highest BCUT2D eigenvalue weighted by Crippen LogP contribution is 2.12. The molecule has 0 bridgehead atoms. The number of aromatic nitrogens is 2. The second-order valence-electron chi connectivity index (χ2n) is 3.11. The number of aromatic amines is 1. The van der Waals surface area contributed by atoms with Gasteiger partial charge in [-0.05, 0) is 20.8 Å². The van der Waals surface area contributed by atoms with Crippen LogP contribution < -0.4 is 5.32 Å². The first-order valence-electron chi connectivity index (χ1n) is 4.75. The van der Waals surface area contributed by atoms with Gasteiger partial charge in [0.2, 0.25) is 0 Å². The molecule has 5 nitrogen and oxygen atoms in total. The Hall–Kier alpha value is -1.78. The van der Waals surface area contributed by atoms with Gasteiger partial charge in [-0.1, -0.05) is 0 Å². The largest absolute Gasteiger partial charge is 0.463 e. The van der Waals surface area contributed by atoms with E-state index in [1.54, 1.807) is 20.0 Å². The Bertz CT molecular complexity index is 368. The number of carbonyl (C=O) groups is 1. The summed E-state index contributed by atoms with van der Waals surface area (Å²) >= 11 is 0. The molecule has 0 saturated heterocycles. The molecule has 5 heteroatoms. The summed E-state index contributed by atoms with van der Waals surface area (Å²) in [6.45, 7) is 5.85. The van der Waals surface area contributed by atoms with Crippen molar-refractivity contribution >= 4 is 11.7 Å². The molecule has 0 aromatic carbocycles. The van der Waals surface area contributed by atoms with Crippen molar-refractivity contribution in [1.29, 1.82) is 0 Å². The molecule has 1 heterocycles. The summed E-state index contributed by atoms with van der Waals surface area (Å²) in [5, 5.41) is 9.70. The monoisotopic (exact) mass is 209 g/mol. The van der Waals surface area contributed by atoms with Crippen LogP contribution in [0.3, 0.4) is 0 Å². The van der Waals surface area contributed by atoms with E-state index in [0.717, 1.165) is 17.1 Å². The van der Waals surface area contributed by atoms with Crippen molar-refractivity contribution in [2.45, 2.75) is 20.8 Å². The van der Waals surface area contributed by atoms with Gasteiger partial charge >= 0.3 is 5.97 Å². The van der Waals surface area contributed by atoms with E-state index in [9.17, 15) is 4.79 Å². The van der Waals surface area contributed by atoms with Crippen LogP contribution in [-0.2, 0) is 9.53 Å². The minimum absolute atomic E-state index is 0.344. The van der Waals surface area contributed by atoms with E-state index >= 15 is 0 Å². The molecule has 0 fully saturated rings. The Morgan fingerprint density at radius 2 is 2.47 bits per heavy atom. The number of hydrogen-bond acceptors (Lipinski definition) is 4. The summed E-state index contributed by atoms with van der Waals surface area (Å²) < 4.78 is 4.78. The zero-order valence-corrected chi connectivity index (χ0v) is 9.13. The van der Waals surface area contributed by atoms with Crippen LogP contribution in [0.5, 0.6) is 0 Å². The van der Waals surface area contributed by atoms with E-state index in [2.05, 4.69) is 15.5 Å². The van der Waals surface area contributed by atoms with Crippen LogP contribution in [0.15, 0.2) is 18.0 Å². The summed E-state index contributed by atoms with van der Waals surface area (Å²) in [6.07, 6.45) is 3.08. The van der Waals surface area contributed by atoms with Gasteiger partial charge < -0.3 is 10.1 Å². The molecular formula is C10H15N3O2. The van der Waals surface area contributed by atoms with E-state index in [1.165, 1.54) is 6.08 Å². The molecule has 0 aliphatic heterocycles. The lowest BCUT2D eigenvalue weighted by molar-refractivity contribution is -0.137. The zero-order valence-electron chi connectivity index (χ0n) is 9.13. The van der Waals surface area contributed by atoms with E-state index in [-0.39, 0.29) is 5.97 Å². The first-order valence-corrected chi connectivity index (χ1v) is 4.75. The molecule has 0 radical (unpaired) electrons. The van der Waals surface area contributed by atoms with Crippen LogP contribution >= 0.6 is 0 Å². The molecule has 15 heavy (non-hydrogen) atoms. The van der Waals surface area contributed by atoms with Crippen molar-refractivity contribution < 1.29 is 9.53 Å². The number of aryl methyl sites for hydroxylation is 1. The SMILES string of the molecule is CCOC(=O)/C=C(\C)Nc1cn[nH]c1C. The number of esters is 1. The maximum atomic E-state index is 11.1. The lowest BCUT2D eigenvalue weighted by atomic mass is 10.3. The molecule has 0 spiro atoms. The van der Waals surface area contributed by atoms with E-state index in [0.29, 0.717) is 6.61 Å². The minimum atomic E-state index is -0.344. The van der Waals surface area contributed by atoms with Crippen LogP contribution in [0.1, 0.15) is 19.5 Å². The fourth-order valence-corrected chi connectivity index (χ4v) is 1.09. The van der Waals surface area contributed by atoms with Gasteiger partial charge in [-0.3, -0.25) is 5.10 Å². The molecule has 2 N–H and O–H groups in total. The van der Waals surface area contributed by atoms with E-state index in [4.69, 9.17) is 4.74 Å². The Labute approximate surface area is 88.5 Å². The highest BCUT2D eigenvalue weighted by atomic mass is 16.5. The summed E-state index contributed by atoms with van der Waals surface area (Å²) in [7, 11) is 0. The first-order chi connectivity index (χ1) is 7.13. The number of nitrogens with zero attached hydrogens (tertiary/aromatic N) is 1. The van der Waals surface area contributed by atoms with E-state index < -0.39 is 0 Å². The molecule has 1 aromatic rings. The second-order valence-corrected chi connectivity index (χ2v) is 3.11. The lowest BCUT2D eigenvalue weighted by Gasteiger charge is -2.04. The first kappa shape index (κ1) is 11.3. The molecule has 0 aliphatic carbocycles. The Balaban J connectivity index is 2.59. The molecule has 0 amide bonds. The van der Waals surface area contributed by atoms with Gasteiger partial charge in [0.15, 0.2) is 0 Å². The van der Waals surface area contributed by atoms with Crippen molar-refractivity contribution in [2.24, 2.45) is 0 Å². The van der Waals surface area contributed by atoms with Gasteiger partial charge in [0.25, 0.3) is 0 Å². The van der Waals surface area contributed by atoms with Crippen molar-refractivity contribution in [1.82, 2.24) is 10.2 Å². The highest BCUT2D eigenvalue weighted by Gasteiger charge is 2.01. The summed E-state index contributed by atoms with van der Waals surface area (Å²) in [4.78, 5) is 11.1. The predicted octanol–water partition coefficient (Wildman–Crippen LogP) is 1.60. The van der Waals surface area contributed by atoms with Crippen molar-refractivity contribution in [2.75, 3.05) is 11.9 Å². The Morgan fingerprint density at radius 3 is 3.00 bits per heavy atom. The number of H-pyrrole nitrogens is 1. The predicted molar refractivity (Wildman–Crippen MR) is 57.3 cm³/mol. The van der Waals surface area contributed by atoms with E-state index in [1.807, 2.05) is 6.92 Å². The smallest absolute Gasteiger partial charge is 0.332 e. The number of nitrogens with one attached hydrogen (secondary N) is 2. The van der Waals surface area contributed by atoms with Crippen molar-refractivity contribution in [3.05, 3.63) is 23.7 Å². The zero-order chi connectivity index (χ0) is 11.3. The fourth-order valence-electron chi connectivity index (χ4n) is 1.09. The van der Waals surface area contributed by atoms with Crippen LogP contribution in [0.25, 0.3) is 0 Å². The quantitative estimate of drug-likeness (QED) is 0.583. The van der Waals surface area contributed by atoms with Gasteiger partial charge in [-0.25, -0.2) is 4.79 Å². The molecule has 1 rings (SSSR count). The number of anilines is 1. The Kier molecular flexibility index (Phi) is 3.91. The van der Waals surface area contributed by atoms with Gasteiger partial charge in [-0.15, -0.1) is 0 Å². The number of hydrogen-bond donors (Lipinski definition) is 2. The van der Waals surface area contributed by atoms with Crippen LogP contribution in [0.4, 0.5) is 5.69 Å².